The van der Waals surface area contributed by atoms with Gasteiger partial charge in [0.1, 0.15) is 12.4 Å². The van der Waals surface area contributed by atoms with Gasteiger partial charge in [-0.15, -0.1) is 0 Å². The second-order valence-electron chi connectivity index (χ2n) is 4.98. The average Bonchev–Trinajstić information content (AvgIpc) is 2.39. The lowest BCUT2D eigenvalue weighted by Gasteiger charge is -2.03. The largest absolute Gasteiger partial charge is 0.458 e. The Morgan fingerprint density at radius 2 is 1.80 bits per heavy atom. The summed E-state index contributed by atoms with van der Waals surface area (Å²) >= 11 is 0. The fourth-order valence-electron chi connectivity index (χ4n) is 1.62. The number of hydrogen-bond donors (Lipinski definition) is 0. The minimum Gasteiger partial charge on any atom is -0.458 e. The van der Waals surface area contributed by atoms with Gasteiger partial charge in [0.15, 0.2) is 0 Å². The van der Waals surface area contributed by atoms with E-state index in [2.05, 4.69) is 19.9 Å². The van der Waals surface area contributed by atoms with Crippen molar-refractivity contribution in [3.63, 3.8) is 0 Å². The second-order valence-corrected chi connectivity index (χ2v) is 4.98. The molecule has 0 fully saturated rings. The molecule has 0 aliphatic rings. The predicted octanol–water partition coefficient (Wildman–Crippen LogP) is 4.68. The van der Waals surface area contributed by atoms with Crippen molar-refractivity contribution in [1.29, 1.82) is 0 Å². The number of carbonyl (C=O) groups is 1. The second kappa shape index (κ2) is 8.31. The quantitative estimate of drug-likeness (QED) is 0.557. The first-order valence-corrected chi connectivity index (χ1v) is 6.70. The molecule has 1 aromatic carbocycles. The number of carbonyl (C=O) groups excluding carboxylic acids is 1. The average molecular weight is 276 g/mol. The summed E-state index contributed by atoms with van der Waals surface area (Å²) in [7, 11) is 0. The highest BCUT2D eigenvalue weighted by Crippen LogP contribution is 2.08. The number of halogens is 1. The minimum absolute atomic E-state index is 0.247. The number of hydrogen-bond acceptors (Lipinski definition) is 2. The Morgan fingerprint density at radius 1 is 1.15 bits per heavy atom. The lowest BCUT2D eigenvalue weighted by Crippen LogP contribution is -2.05. The molecule has 1 rings (SSSR count). The molecule has 0 spiro atoms. The van der Waals surface area contributed by atoms with E-state index in [1.54, 1.807) is 0 Å². The summed E-state index contributed by atoms with van der Waals surface area (Å²) in [4.78, 5) is 11.7. The highest BCUT2D eigenvalue weighted by Gasteiger charge is 2.05. The molecule has 108 valence electrons. The van der Waals surface area contributed by atoms with Crippen LogP contribution in [-0.4, -0.2) is 12.6 Å². The summed E-state index contributed by atoms with van der Waals surface area (Å²) in [6.45, 7) is 6.41. The molecule has 1 aromatic rings. The van der Waals surface area contributed by atoms with Crippen LogP contribution in [0.4, 0.5) is 4.39 Å². The van der Waals surface area contributed by atoms with Gasteiger partial charge in [0, 0.05) is 0 Å². The summed E-state index contributed by atoms with van der Waals surface area (Å²) in [5, 5.41) is 0. The monoisotopic (exact) mass is 276 g/mol. The summed E-state index contributed by atoms with van der Waals surface area (Å²) in [6.07, 6.45) is 6.04. The third-order valence-electron chi connectivity index (χ3n) is 2.82. The Balaban J connectivity index is 2.37. The fraction of sp³-hybridized carbons (Fsp3) is 0.353. The number of esters is 1. The lowest BCUT2D eigenvalue weighted by atomic mass is 10.1. The van der Waals surface area contributed by atoms with Gasteiger partial charge in [0.25, 0.3) is 0 Å². The van der Waals surface area contributed by atoms with Crippen molar-refractivity contribution in [2.75, 3.05) is 6.61 Å². The van der Waals surface area contributed by atoms with E-state index in [1.807, 2.05) is 13.0 Å². The molecule has 0 saturated heterocycles. The molecule has 0 aliphatic heterocycles. The van der Waals surface area contributed by atoms with Crippen LogP contribution in [0.3, 0.4) is 0 Å². The van der Waals surface area contributed by atoms with E-state index in [0.29, 0.717) is 5.56 Å². The molecule has 2 nitrogen and oxygen atoms in total. The normalized spacial score (nSPS) is 11.1. The van der Waals surface area contributed by atoms with Gasteiger partial charge in [0.05, 0.1) is 5.56 Å². The molecule has 0 aliphatic carbocycles. The summed E-state index contributed by atoms with van der Waals surface area (Å²) in [5.41, 5.74) is 2.86. The van der Waals surface area contributed by atoms with Gasteiger partial charge in [0.2, 0.25) is 0 Å². The molecule has 0 bridgehead atoms. The molecule has 0 atom stereocenters. The van der Waals surface area contributed by atoms with Crippen molar-refractivity contribution in [2.24, 2.45) is 0 Å². The predicted molar refractivity (Wildman–Crippen MR) is 79.1 cm³/mol. The van der Waals surface area contributed by atoms with Gasteiger partial charge in [-0.25, -0.2) is 9.18 Å². The third-order valence-corrected chi connectivity index (χ3v) is 2.82. The highest BCUT2D eigenvalue weighted by atomic mass is 19.1. The van der Waals surface area contributed by atoms with Crippen LogP contribution >= 0.6 is 0 Å². The molecule has 0 unspecified atom stereocenters. The zero-order chi connectivity index (χ0) is 15.0. The molecule has 0 saturated carbocycles. The number of ether oxygens (including phenoxy) is 1. The van der Waals surface area contributed by atoms with Crippen molar-refractivity contribution in [1.82, 2.24) is 0 Å². The molecule has 0 amide bonds. The maximum atomic E-state index is 12.7. The lowest BCUT2D eigenvalue weighted by molar-refractivity contribution is 0.0549. The Kier molecular flexibility index (Phi) is 6.71. The van der Waals surface area contributed by atoms with Crippen molar-refractivity contribution >= 4 is 5.97 Å². The van der Waals surface area contributed by atoms with Crippen LogP contribution < -0.4 is 0 Å². The first-order chi connectivity index (χ1) is 9.49. The van der Waals surface area contributed by atoms with E-state index >= 15 is 0 Å². The molecular weight excluding hydrogens is 255 g/mol. The number of rotatable bonds is 6. The molecule has 0 N–H and O–H groups in total. The standard InChI is InChI=1S/C17H21FO2/c1-13(2)5-4-6-14(3)11-12-20-17(19)15-7-9-16(18)10-8-15/h5,7-11H,4,6,12H2,1-3H3/b14-11-. The van der Waals surface area contributed by atoms with E-state index in [0.717, 1.165) is 12.8 Å². The Morgan fingerprint density at radius 3 is 2.40 bits per heavy atom. The fourth-order valence-corrected chi connectivity index (χ4v) is 1.62. The van der Waals surface area contributed by atoms with Gasteiger partial charge in [-0.1, -0.05) is 17.2 Å². The Hall–Kier alpha value is -1.90. The van der Waals surface area contributed by atoms with Gasteiger partial charge in [-0.2, -0.15) is 0 Å². The van der Waals surface area contributed by atoms with E-state index < -0.39 is 5.97 Å². The van der Waals surface area contributed by atoms with Crippen LogP contribution in [0, 0.1) is 5.82 Å². The summed E-state index contributed by atoms with van der Waals surface area (Å²) in [5.74, 6) is -0.796. The minimum atomic E-state index is -0.432. The van der Waals surface area contributed by atoms with Gasteiger partial charge >= 0.3 is 5.97 Å². The van der Waals surface area contributed by atoms with Crippen LogP contribution in [0.5, 0.6) is 0 Å². The van der Waals surface area contributed by atoms with Crippen LogP contribution in [0.15, 0.2) is 47.6 Å². The molecule has 3 heteroatoms. The third kappa shape index (κ3) is 6.32. The van der Waals surface area contributed by atoms with Crippen molar-refractivity contribution < 1.29 is 13.9 Å². The topological polar surface area (TPSA) is 26.3 Å². The Labute approximate surface area is 120 Å². The zero-order valence-electron chi connectivity index (χ0n) is 12.3. The van der Waals surface area contributed by atoms with E-state index in [9.17, 15) is 9.18 Å². The summed E-state index contributed by atoms with van der Waals surface area (Å²) in [6, 6.07) is 5.33. The van der Waals surface area contributed by atoms with Crippen molar-refractivity contribution in [2.45, 2.75) is 33.6 Å². The number of allylic oxidation sites excluding steroid dienone is 3. The van der Waals surface area contributed by atoms with Crippen molar-refractivity contribution in [3.8, 4) is 0 Å². The van der Waals surface area contributed by atoms with Crippen molar-refractivity contribution in [3.05, 3.63) is 58.9 Å². The summed E-state index contributed by atoms with van der Waals surface area (Å²) < 4.78 is 17.8. The zero-order valence-corrected chi connectivity index (χ0v) is 12.3. The van der Waals surface area contributed by atoms with E-state index in [4.69, 9.17) is 4.74 Å². The van der Waals surface area contributed by atoms with Crippen LogP contribution in [0.1, 0.15) is 44.0 Å². The Bertz CT molecular complexity index is 494. The van der Waals surface area contributed by atoms with Crippen LogP contribution in [0.2, 0.25) is 0 Å². The molecule has 20 heavy (non-hydrogen) atoms. The number of benzene rings is 1. The SMILES string of the molecule is CC(C)=CCC/C(C)=C\COC(=O)c1ccc(F)cc1. The van der Waals surface area contributed by atoms with Gasteiger partial charge in [-0.05, 0) is 64.0 Å². The smallest absolute Gasteiger partial charge is 0.338 e. The highest BCUT2D eigenvalue weighted by molar-refractivity contribution is 5.89. The van der Waals surface area contributed by atoms with Gasteiger partial charge in [-0.3, -0.25) is 0 Å². The molecule has 0 heterocycles. The maximum Gasteiger partial charge on any atom is 0.338 e. The van der Waals surface area contributed by atoms with E-state index in [1.165, 1.54) is 35.4 Å². The first kappa shape index (κ1) is 16.2. The van der Waals surface area contributed by atoms with E-state index in [-0.39, 0.29) is 12.4 Å². The molecular formula is C17H21FO2. The molecule has 0 aromatic heterocycles. The molecule has 0 radical (unpaired) electrons. The maximum absolute atomic E-state index is 12.7. The first-order valence-electron chi connectivity index (χ1n) is 6.70. The van der Waals surface area contributed by atoms with Crippen LogP contribution in [0.25, 0.3) is 0 Å². The van der Waals surface area contributed by atoms with Crippen LogP contribution in [-0.2, 0) is 4.74 Å². The van der Waals surface area contributed by atoms with Gasteiger partial charge < -0.3 is 4.74 Å².